The maximum Gasteiger partial charge on any atom is 0.223 e. The standard InChI is InChI=1S/C16H19NO2/c1-11(2)14-6-4-13(5-7-14)10-19-16-12(3)17-9-8-15(16)18/h4-9,11H,10H2,1-3H3,(H,17,18). The van der Waals surface area contributed by atoms with Gasteiger partial charge in [0.1, 0.15) is 6.61 Å². The van der Waals surface area contributed by atoms with Crippen molar-refractivity contribution in [2.45, 2.75) is 33.3 Å². The predicted molar refractivity (Wildman–Crippen MR) is 76.7 cm³/mol. The zero-order valence-electron chi connectivity index (χ0n) is 11.6. The van der Waals surface area contributed by atoms with Gasteiger partial charge in [-0.25, -0.2) is 0 Å². The van der Waals surface area contributed by atoms with E-state index in [-0.39, 0.29) is 5.43 Å². The Kier molecular flexibility index (Phi) is 4.05. The van der Waals surface area contributed by atoms with Gasteiger partial charge in [0.2, 0.25) is 5.43 Å². The molecule has 0 bridgehead atoms. The number of benzene rings is 1. The van der Waals surface area contributed by atoms with Crippen LogP contribution in [0, 0.1) is 6.92 Å². The van der Waals surface area contributed by atoms with Crippen molar-refractivity contribution in [3.63, 3.8) is 0 Å². The topological polar surface area (TPSA) is 42.1 Å². The van der Waals surface area contributed by atoms with E-state index in [2.05, 4.69) is 31.0 Å². The van der Waals surface area contributed by atoms with E-state index < -0.39 is 0 Å². The van der Waals surface area contributed by atoms with E-state index in [4.69, 9.17) is 4.74 Å². The van der Waals surface area contributed by atoms with Gasteiger partial charge in [-0.05, 0) is 24.0 Å². The van der Waals surface area contributed by atoms with Crippen molar-refractivity contribution in [1.29, 1.82) is 0 Å². The van der Waals surface area contributed by atoms with Crippen LogP contribution in [0.3, 0.4) is 0 Å². The highest BCUT2D eigenvalue weighted by Gasteiger charge is 2.05. The maximum atomic E-state index is 11.7. The third kappa shape index (κ3) is 3.25. The minimum absolute atomic E-state index is 0.0879. The fourth-order valence-corrected chi connectivity index (χ4v) is 1.90. The van der Waals surface area contributed by atoms with E-state index in [0.717, 1.165) is 11.3 Å². The second-order valence-electron chi connectivity index (χ2n) is 4.98. The summed E-state index contributed by atoms with van der Waals surface area (Å²) in [5.41, 5.74) is 3.03. The summed E-state index contributed by atoms with van der Waals surface area (Å²) in [6.07, 6.45) is 1.63. The SMILES string of the molecule is Cc1[nH]ccc(=O)c1OCc1ccc(C(C)C)cc1. The van der Waals surface area contributed by atoms with Crippen LogP contribution in [0.15, 0.2) is 41.3 Å². The Hall–Kier alpha value is -2.03. The van der Waals surface area contributed by atoms with Crippen molar-refractivity contribution in [2.75, 3.05) is 0 Å². The molecule has 0 radical (unpaired) electrons. The summed E-state index contributed by atoms with van der Waals surface area (Å²) >= 11 is 0. The summed E-state index contributed by atoms with van der Waals surface area (Å²) in [4.78, 5) is 14.6. The number of ether oxygens (including phenoxy) is 1. The van der Waals surface area contributed by atoms with Gasteiger partial charge in [0, 0.05) is 12.3 Å². The molecule has 0 aliphatic heterocycles. The zero-order chi connectivity index (χ0) is 13.8. The first-order valence-electron chi connectivity index (χ1n) is 6.48. The van der Waals surface area contributed by atoms with E-state index in [1.54, 1.807) is 6.20 Å². The van der Waals surface area contributed by atoms with Gasteiger partial charge in [0.15, 0.2) is 5.75 Å². The van der Waals surface area contributed by atoms with Gasteiger partial charge in [0.25, 0.3) is 0 Å². The Morgan fingerprint density at radius 1 is 1.16 bits per heavy atom. The number of H-pyrrole nitrogens is 1. The normalized spacial score (nSPS) is 10.7. The fourth-order valence-electron chi connectivity index (χ4n) is 1.90. The average molecular weight is 257 g/mol. The van der Waals surface area contributed by atoms with E-state index in [1.165, 1.54) is 11.6 Å². The molecule has 0 aliphatic rings. The van der Waals surface area contributed by atoms with Crippen molar-refractivity contribution in [3.05, 3.63) is 63.6 Å². The van der Waals surface area contributed by atoms with Gasteiger partial charge in [0.05, 0.1) is 5.69 Å². The summed E-state index contributed by atoms with van der Waals surface area (Å²) < 4.78 is 5.61. The molecule has 19 heavy (non-hydrogen) atoms. The lowest BCUT2D eigenvalue weighted by Crippen LogP contribution is -2.09. The van der Waals surface area contributed by atoms with Crippen molar-refractivity contribution in [3.8, 4) is 5.75 Å². The van der Waals surface area contributed by atoms with E-state index in [0.29, 0.717) is 18.3 Å². The largest absolute Gasteiger partial charge is 0.483 e. The maximum absolute atomic E-state index is 11.7. The van der Waals surface area contributed by atoms with Crippen LogP contribution in [0.1, 0.15) is 36.6 Å². The van der Waals surface area contributed by atoms with Crippen molar-refractivity contribution in [1.82, 2.24) is 4.98 Å². The number of hydrogen-bond acceptors (Lipinski definition) is 2. The lowest BCUT2D eigenvalue weighted by atomic mass is 10.0. The van der Waals surface area contributed by atoms with Gasteiger partial charge < -0.3 is 9.72 Å². The summed E-state index contributed by atoms with van der Waals surface area (Å²) in [7, 11) is 0. The first-order chi connectivity index (χ1) is 9.08. The number of aromatic nitrogens is 1. The number of rotatable bonds is 4. The molecule has 0 aliphatic carbocycles. The molecule has 0 saturated carbocycles. The smallest absolute Gasteiger partial charge is 0.223 e. The van der Waals surface area contributed by atoms with Crippen LogP contribution in [-0.2, 0) is 6.61 Å². The van der Waals surface area contributed by atoms with Gasteiger partial charge >= 0.3 is 0 Å². The number of aromatic amines is 1. The summed E-state index contributed by atoms with van der Waals surface area (Å²) in [5.74, 6) is 0.921. The van der Waals surface area contributed by atoms with Gasteiger partial charge in [-0.15, -0.1) is 0 Å². The van der Waals surface area contributed by atoms with Gasteiger partial charge in [-0.2, -0.15) is 0 Å². The molecule has 0 unspecified atom stereocenters. The Labute approximate surface area is 113 Å². The third-order valence-corrected chi connectivity index (χ3v) is 3.13. The second kappa shape index (κ2) is 5.74. The van der Waals surface area contributed by atoms with Crippen molar-refractivity contribution >= 4 is 0 Å². The fraction of sp³-hybridized carbons (Fsp3) is 0.312. The molecule has 1 aromatic carbocycles. The van der Waals surface area contributed by atoms with Crippen LogP contribution in [0.25, 0.3) is 0 Å². The average Bonchev–Trinajstić information content (AvgIpc) is 2.38. The lowest BCUT2D eigenvalue weighted by Gasteiger charge is -2.09. The summed E-state index contributed by atoms with van der Waals surface area (Å²) in [6, 6.07) is 9.77. The van der Waals surface area contributed by atoms with Crippen LogP contribution < -0.4 is 10.2 Å². The van der Waals surface area contributed by atoms with Crippen LogP contribution in [-0.4, -0.2) is 4.98 Å². The van der Waals surface area contributed by atoms with Crippen molar-refractivity contribution in [2.24, 2.45) is 0 Å². The van der Waals surface area contributed by atoms with E-state index in [1.807, 2.05) is 19.1 Å². The molecule has 3 heteroatoms. The zero-order valence-corrected chi connectivity index (χ0v) is 11.6. The van der Waals surface area contributed by atoms with Crippen molar-refractivity contribution < 1.29 is 4.74 Å². The Morgan fingerprint density at radius 3 is 2.42 bits per heavy atom. The molecule has 1 aromatic heterocycles. The number of nitrogens with one attached hydrogen (secondary N) is 1. The molecule has 0 fully saturated rings. The molecule has 0 atom stereocenters. The predicted octanol–water partition coefficient (Wildman–Crippen LogP) is 3.39. The number of pyridine rings is 1. The van der Waals surface area contributed by atoms with Gasteiger partial charge in [-0.1, -0.05) is 38.1 Å². The minimum atomic E-state index is -0.0879. The second-order valence-corrected chi connectivity index (χ2v) is 4.98. The van der Waals surface area contributed by atoms with Crippen LogP contribution in [0.2, 0.25) is 0 Å². The Balaban J connectivity index is 2.08. The Bertz CT molecular complexity index is 597. The Morgan fingerprint density at radius 2 is 1.84 bits per heavy atom. The van der Waals surface area contributed by atoms with Crippen LogP contribution >= 0.6 is 0 Å². The molecular formula is C16H19NO2. The lowest BCUT2D eigenvalue weighted by molar-refractivity contribution is 0.299. The molecule has 0 amide bonds. The highest BCUT2D eigenvalue weighted by atomic mass is 16.5. The van der Waals surface area contributed by atoms with E-state index in [9.17, 15) is 4.79 Å². The molecular weight excluding hydrogens is 238 g/mol. The summed E-state index contributed by atoms with van der Waals surface area (Å²) in [5, 5.41) is 0. The highest BCUT2D eigenvalue weighted by Crippen LogP contribution is 2.16. The summed E-state index contributed by atoms with van der Waals surface area (Å²) in [6.45, 7) is 6.57. The molecule has 2 rings (SSSR count). The number of aryl methyl sites for hydroxylation is 1. The molecule has 100 valence electrons. The van der Waals surface area contributed by atoms with Gasteiger partial charge in [-0.3, -0.25) is 4.79 Å². The van der Waals surface area contributed by atoms with Crippen LogP contribution in [0.5, 0.6) is 5.75 Å². The monoisotopic (exact) mass is 257 g/mol. The molecule has 0 spiro atoms. The molecule has 1 heterocycles. The quantitative estimate of drug-likeness (QED) is 0.912. The number of hydrogen-bond donors (Lipinski definition) is 1. The highest BCUT2D eigenvalue weighted by molar-refractivity contribution is 5.28. The first kappa shape index (κ1) is 13.4. The minimum Gasteiger partial charge on any atom is -0.483 e. The van der Waals surface area contributed by atoms with Crippen LogP contribution in [0.4, 0.5) is 0 Å². The molecule has 0 saturated heterocycles. The van der Waals surface area contributed by atoms with E-state index >= 15 is 0 Å². The molecule has 2 aromatic rings. The third-order valence-electron chi connectivity index (χ3n) is 3.13. The molecule has 1 N–H and O–H groups in total. The first-order valence-corrected chi connectivity index (χ1v) is 6.48. The molecule has 3 nitrogen and oxygen atoms in total.